The lowest BCUT2D eigenvalue weighted by Gasteiger charge is -2.31. The summed E-state index contributed by atoms with van der Waals surface area (Å²) in [5, 5.41) is 16.9. The van der Waals surface area contributed by atoms with Crippen LogP contribution in [-0.4, -0.2) is 34.8 Å². The molecule has 26 heavy (non-hydrogen) atoms. The summed E-state index contributed by atoms with van der Waals surface area (Å²) in [6.07, 6.45) is 5.26. The van der Waals surface area contributed by atoms with Gasteiger partial charge in [0, 0.05) is 10.4 Å². The maximum absolute atomic E-state index is 13.1. The second kappa shape index (κ2) is 6.09. The highest BCUT2D eigenvalue weighted by Gasteiger charge is 2.54. The molecule has 1 saturated carbocycles. The third kappa shape index (κ3) is 2.50. The van der Waals surface area contributed by atoms with Crippen molar-refractivity contribution in [3.8, 4) is 6.07 Å². The second-order valence-electron chi connectivity index (χ2n) is 7.29. The molecule has 2 aliphatic carbocycles. The minimum absolute atomic E-state index is 0.352. The number of rotatable bonds is 3. The van der Waals surface area contributed by atoms with Gasteiger partial charge in [0.2, 0.25) is 5.91 Å². The SMILES string of the molecule is N#CC1(NC(=O)CN2C(=O)N[C@]3(CCCc4sccc43)C2=O)CCCC1. The van der Waals surface area contributed by atoms with Gasteiger partial charge in [-0.3, -0.25) is 14.5 Å². The number of nitrogens with zero attached hydrogens (tertiary/aromatic N) is 2. The van der Waals surface area contributed by atoms with Crippen LogP contribution in [0.2, 0.25) is 0 Å². The molecule has 0 radical (unpaired) electrons. The molecule has 2 N–H and O–H groups in total. The largest absolute Gasteiger partial charge is 0.336 e. The normalized spacial score (nSPS) is 26.5. The van der Waals surface area contributed by atoms with Gasteiger partial charge in [0.25, 0.3) is 5.91 Å². The molecule has 1 saturated heterocycles. The highest BCUT2D eigenvalue weighted by molar-refractivity contribution is 7.10. The summed E-state index contributed by atoms with van der Waals surface area (Å²) >= 11 is 1.59. The summed E-state index contributed by atoms with van der Waals surface area (Å²) in [5.74, 6) is -0.829. The van der Waals surface area contributed by atoms with Gasteiger partial charge in [0.1, 0.15) is 17.6 Å². The molecule has 1 aliphatic heterocycles. The Balaban J connectivity index is 1.53. The van der Waals surface area contributed by atoms with E-state index in [0.29, 0.717) is 19.3 Å². The zero-order chi connectivity index (χ0) is 18.4. The van der Waals surface area contributed by atoms with Crippen molar-refractivity contribution in [3.63, 3.8) is 0 Å². The first-order valence-electron chi connectivity index (χ1n) is 8.93. The number of carbonyl (C=O) groups excluding carboxylic acids is 3. The van der Waals surface area contributed by atoms with Crippen LogP contribution in [0.15, 0.2) is 11.4 Å². The zero-order valence-electron chi connectivity index (χ0n) is 14.3. The number of carbonyl (C=O) groups is 3. The average Bonchev–Trinajstić information content (AvgIpc) is 3.33. The number of hydrogen-bond acceptors (Lipinski definition) is 5. The maximum Gasteiger partial charge on any atom is 0.325 e. The van der Waals surface area contributed by atoms with Crippen LogP contribution in [0.3, 0.4) is 0 Å². The van der Waals surface area contributed by atoms with Gasteiger partial charge in [-0.05, 0) is 56.4 Å². The van der Waals surface area contributed by atoms with Crippen LogP contribution in [0.1, 0.15) is 49.0 Å². The fourth-order valence-electron chi connectivity index (χ4n) is 4.38. The molecule has 2 fully saturated rings. The van der Waals surface area contributed by atoms with Crippen LogP contribution in [0.5, 0.6) is 0 Å². The Morgan fingerprint density at radius 1 is 1.31 bits per heavy atom. The molecule has 3 aliphatic rings. The lowest BCUT2D eigenvalue weighted by atomic mass is 9.80. The van der Waals surface area contributed by atoms with Gasteiger partial charge in [-0.25, -0.2) is 4.79 Å². The van der Waals surface area contributed by atoms with Gasteiger partial charge in [0.15, 0.2) is 0 Å². The topological polar surface area (TPSA) is 102 Å². The second-order valence-corrected chi connectivity index (χ2v) is 8.29. The smallest absolute Gasteiger partial charge is 0.325 e. The monoisotopic (exact) mass is 372 g/mol. The van der Waals surface area contributed by atoms with Crippen molar-refractivity contribution >= 4 is 29.2 Å². The number of fused-ring (bicyclic) bond motifs is 2. The number of hydrogen-bond donors (Lipinski definition) is 2. The quantitative estimate of drug-likeness (QED) is 0.790. The van der Waals surface area contributed by atoms with Crippen LogP contribution in [0.4, 0.5) is 4.79 Å². The van der Waals surface area contributed by atoms with Crippen LogP contribution >= 0.6 is 11.3 Å². The summed E-state index contributed by atoms with van der Waals surface area (Å²) in [4.78, 5) is 40.1. The minimum atomic E-state index is -1.04. The molecule has 1 aromatic heterocycles. The third-order valence-electron chi connectivity index (χ3n) is 5.69. The Labute approximate surface area is 155 Å². The molecule has 0 aromatic carbocycles. The number of nitrogens with one attached hydrogen (secondary N) is 2. The molecule has 1 aromatic rings. The first-order valence-corrected chi connectivity index (χ1v) is 9.81. The Kier molecular flexibility index (Phi) is 3.99. The average molecular weight is 372 g/mol. The number of amides is 4. The van der Waals surface area contributed by atoms with E-state index in [9.17, 15) is 19.6 Å². The first kappa shape index (κ1) is 17.0. The van der Waals surface area contributed by atoms with E-state index in [1.807, 2.05) is 11.4 Å². The maximum atomic E-state index is 13.1. The molecular weight excluding hydrogens is 352 g/mol. The van der Waals surface area contributed by atoms with Crippen molar-refractivity contribution in [2.24, 2.45) is 0 Å². The molecule has 4 amide bonds. The van der Waals surface area contributed by atoms with E-state index in [2.05, 4.69) is 16.7 Å². The summed E-state index contributed by atoms with van der Waals surface area (Å²) in [6.45, 7) is -0.352. The van der Waals surface area contributed by atoms with Crippen LogP contribution < -0.4 is 10.6 Å². The van der Waals surface area contributed by atoms with E-state index in [4.69, 9.17) is 0 Å². The zero-order valence-corrected chi connectivity index (χ0v) is 15.2. The standard InChI is InChI=1S/C18H20N4O3S/c19-11-17(6-1-2-7-17)20-14(23)10-22-15(24)18(21-16(22)25)8-3-4-13-12(18)5-9-26-13/h5,9H,1-4,6-8,10H2,(H,20,23)(H,21,25)/t18-/m0/s1. The van der Waals surface area contributed by atoms with Crippen molar-refractivity contribution in [3.05, 3.63) is 21.9 Å². The molecule has 0 unspecified atom stereocenters. The molecular formula is C18H20N4O3S. The van der Waals surface area contributed by atoms with Gasteiger partial charge < -0.3 is 10.6 Å². The number of thiophene rings is 1. The molecule has 0 bridgehead atoms. The lowest BCUT2D eigenvalue weighted by Crippen LogP contribution is -2.50. The predicted octanol–water partition coefficient (Wildman–Crippen LogP) is 1.78. The highest BCUT2D eigenvalue weighted by Crippen LogP contribution is 2.42. The number of aryl methyl sites for hydroxylation is 1. The lowest BCUT2D eigenvalue weighted by molar-refractivity contribution is -0.136. The van der Waals surface area contributed by atoms with E-state index in [1.165, 1.54) is 0 Å². The Bertz CT molecular complexity index is 821. The van der Waals surface area contributed by atoms with Crippen molar-refractivity contribution in [1.29, 1.82) is 5.26 Å². The fraction of sp³-hybridized carbons (Fsp3) is 0.556. The minimum Gasteiger partial charge on any atom is -0.336 e. The molecule has 1 spiro atoms. The summed E-state index contributed by atoms with van der Waals surface area (Å²) in [5.41, 5.74) is -1.04. The highest BCUT2D eigenvalue weighted by atomic mass is 32.1. The Morgan fingerprint density at radius 2 is 2.08 bits per heavy atom. The first-order chi connectivity index (χ1) is 12.5. The predicted molar refractivity (Wildman–Crippen MR) is 94.1 cm³/mol. The fourth-order valence-corrected chi connectivity index (χ4v) is 5.38. The van der Waals surface area contributed by atoms with Crippen LogP contribution in [0.25, 0.3) is 0 Å². The molecule has 7 nitrogen and oxygen atoms in total. The van der Waals surface area contributed by atoms with Crippen molar-refractivity contribution < 1.29 is 14.4 Å². The van der Waals surface area contributed by atoms with Gasteiger partial charge in [0.05, 0.1) is 6.07 Å². The number of nitriles is 1. The third-order valence-corrected chi connectivity index (χ3v) is 6.67. The Morgan fingerprint density at radius 3 is 2.81 bits per heavy atom. The van der Waals surface area contributed by atoms with Crippen LogP contribution in [0, 0.1) is 11.3 Å². The molecule has 2 heterocycles. The van der Waals surface area contributed by atoms with Gasteiger partial charge in [-0.1, -0.05) is 0 Å². The molecule has 1 atom stereocenters. The summed E-state index contributed by atoms with van der Waals surface area (Å²) in [6, 6.07) is 3.54. The van der Waals surface area contributed by atoms with Gasteiger partial charge >= 0.3 is 6.03 Å². The number of urea groups is 1. The van der Waals surface area contributed by atoms with Crippen molar-refractivity contribution in [1.82, 2.24) is 15.5 Å². The van der Waals surface area contributed by atoms with Crippen LogP contribution in [-0.2, 0) is 21.5 Å². The van der Waals surface area contributed by atoms with E-state index in [0.717, 1.165) is 41.0 Å². The molecule has 4 rings (SSSR count). The van der Waals surface area contributed by atoms with Gasteiger partial charge in [-0.2, -0.15) is 5.26 Å². The van der Waals surface area contributed by atoms with E-state index in [-0.39, 0.29) is 12.5 Å². The summed E-state index contributed by atoms with van der Waals surface area (Å²) in [7, 11) is 0. The van der Waals surface area contributed by atoms with E-state index >= 15 is 0 Å². The number of imide groups is 1. The molecule has 8 heteroatoms. The van der Waals surface area contributed by atoms with Crippen molar-refractivity contribution in [2.75, 3.05) is 6.54 Å². The van der Waals surface area contributed by atoms with E-state index < -0.39 is 23.0 Å². The molecule has 136 valence electrons. The van der Waals surface area contributed by atoms with Crippen molar-refractivity contribution in [2.45, 2.75) is 56.0 Å². The van der Waals surface area contributed by atoms with Gasteiger partial charge in [-0.15, -0.1) is 11.3 Å². The summed E-state index contributed by atoms with van der Waals surface area (Å²) < 4.78 is 0. The van der Waals surface area contributed by atoms with E-state index in [1.54, 1.807) is 11.3 Å². The Hall–Kier alpha value is -2.40.